The van der Waals surface area contributed by atoms with Crippen LogP contribution in [0, 0.1) is 0 Å². The molecule has 1 fully saturated rings. The first-order valence-electron chi connectivity index (χ1n) is 7.03. The number of halogens is 1. The van der Waals surface area contributed by atoms with Crippen LogP contribution in [0.2, 0.25) is 5.02 Å². The predicted molar refractivity (Wildman–Crippen MR) is 83.4 cm³/mol. The van der Waals surface area contributed by atoms with E-state index in [1.54, 1.807) is 23.1 Å². The first kappa shape index (κ1) is 16.3. The van der Waals surface area contributed by atoms with Crippen molar-refractivity contribution in [2.75, 3.05) is 18.0 Å². The van der Waals surface area contributed by atoms with Crippen molar-refractivity contribution in [2.45, 2.75) is 25.8 Å². The number of carbonyl (C=O) groups excluding carboxylic acids is 3. The summed E-state index contributed by atoms with van der Waals surface area (Å²) in [5, 5.41) is 0.497. The van der Waals surface area contributed by atoms with Crippen molar-refractivity contribution in [2.24, 2.45) is 5.73 Å². The maximum Gasteiger partial charge on any atom is 0.246 e. The molecule has 0 saturated carbocycles. The van der Waals surface area contributed by atoms with Gasteiger partial charge in [0.05, 0.1) is 10.7 Å². The lowest BCUT2D eigenvalue weighted by Crippen LogP contribution is -2.57. The molecule has 1 aliphatic heterocycles. The molecule has 0 radical (unpaired) electrons. The van der Waals surface area contributed by atoms with Crippen LogP contribution in [-0.4, -0.2) is 41.8 Å². The van der Waals surface area contributed by atoms with Crippen LogP contribution in [-0.2, 0) is 14.4 Å². The minimum Gasteiger partial charge on any atom is -0.370 e. The Balaban J connectivity index is 2.09. The number of rotatable bonds is 4. The van der Waals surface area contributed by atoms with Gasteiger partial charge in [0, 0.05) is 25.4 Å². The van der Waals surface area contributed by atoms with E-state index in [1.165, 1.54) is 4.90 Å². The van der Waals surface area contributed by atoms with Crippen LogP contribution in [0.5, 0.6) is 0 Å². The summed E-state index contributed by atoms with van der Waals surface area (Å²) < 4.78 is 0. The van der Waals surface area contributed by atoms with Gasteiger partial charge in [-0.2, -0.15) is 0 Å². The average Bonchev–Trinajstić information content (AvgIpc) is 2.47. The van der Waals surface area contributed by atoms with E-state index in [0.717, 1.165) is 0 Å². The van der Waals surface area contributed by atoms with Gasteiger partial charge in [-0.3, -0.25) is 14.4 Å². The third kappa shape index (κ3) is 3.57. The van der Waals surface area contributed by atoms with Crippen LogP contribution >= 0.6 is 11.6 Å². The van der Waals surface area contributed by atoms with Gasteiger partial charge in [0.25, 0.3) is 0 Å². The zero-order valence-corrected chi connectivity index (χ0v) is 13.0. The zero-order chi connectivity index (χ0) is 16.3. The number of anilines is 1. The normalized spacial score (nSPS) is 18.5. The van der Waals surface area contributed by atoms with E-state index in [0.29, 0.717) is 17.3 Å². The number of primary amides is 1. The Morgan fingerprint density at radius 2 is 2.00 bits per heavy atom. The van der Waals surface area contributed by atoms with E-state index < -0.39 is 5.91 Å². The zero-order valence-electron chi connectivity index (χ0n) is 12.3. The van der Waals surface area contributed by atoms with Gasteiger partial charge in [-0.15, -0.1) is 0 Å². The molecule has 6 nitrogen and oxygen atoms in total. The molecule has 118 valence electrons. The fraction of sp³-hybridized carbons (Fsp3) is 0.400. The van der Waals surface area contributed by atoms with E-state index in [4.69, 9.17) is 17.3 Å². The van der Waals surface area contributed by atoms with E-state index in [1.807, 2.05) is 13.0 Å². The number of hydrogen-bond acceptors (Lipinski definition) is 3. The second-order valence-electron chi connectivity index (χ2n) is 5.29. The first-order valence-corrected chi connectivity index (χ1v) is 7.40. The van der Waals surface area contributed by atoms with Crippen molar-refractivity contribution in [3.05, 3.63) is 29.3 Å². The van der Waals surface area contributed by atoms with Crippen molar-refractivity contribution >= 4 is 35.0 Å². The molecule has 3 amide bonds. The monoisotopic (exact) mass is 323 g/mol. The van der Waals surface area contributed by atoms with Crippen LogP contribution in [0.15, 0.2) is 24.3 Å². The maximum absolute atomic E-state index is 12.3. The second-order valence-corrected chi connectivity index (χ2v) is 5.70. The van der Waals surface area contributed by atoms with Gasteiger partial charge in [0.2, 0.25) is 17.7 Å². The summed E-state index contributed by atoms with van der Waals surface area (Å²) >= 11 is 6.13. The Kier molecular flexibility index (Phi) is 5.03. The highest BCUT2D eigenvalue weighted by Gasteiger charge is 2.33. The van der Waals surface area contributed by atoms with Gasteiger partial charge in [0.1, 0.15) is 6.54 Å². The SMILES string of the molecule is C[C@@H]1CN(c2ccccc2Cl)C(=O)CN1C(=O)CCC(N)=O. The minimum atomic E-state index is -0.526. The number of benzene rings is 1. The summed E-state index contributed by atoms with van der Waals surface area (Å²) in [5.74, 6) is -0.959. The largest absolute Gasteiger partial charge is 0.370 e. The summed E-state index contributed by atoms with van der Waals surface area (Å²) in [6.45, 7) is 2.20. The molecule has 1 heterocycles. The smallest absolute Gasteiger partial charge is 0.246 e. The number of piperazine rings is 1. The van der Waals surface area contributed by atoms with Gasteiger partial charge >= 0.3 is 0 Å². The summed E-state index contributed by atoms with van der Waals surface area (Å²) in [7, 11) is 0. The Bertz CT molecular complexity index is 605. The van der Waals surface area contributed by atoms with Crippen LogP contribution in [0.1, 0.15) is 19.8 Å². The first-order chi connectivity index (χ1) is 10.4. The Hall–Kier alpha value is -2.08. The molecular formula is C15H18ClN3O3. The molecule has 2 rings (SSSR count). The highest BCUT2D eigenvalue weighted by Crippen LogP contribution is 2.28. The molecule has 0 aliphatic carbocycles. The average molecular weight is 324 g/mol. The molecule has 0 aromatic heterocycles. The van der Waals surface area contributed by atoms with Gasteiger partial charge in [-0.1, -0.05) is 23.7 Å². The van der Waals surface area contributed by atoms with E-state index in [-0.39, 0.29) is 37.2 Å². The number of nitrogens with zero attached hydrogens (tertiary/aromatic N) is 2. The standard InChI is InChI=1S/C15H18ClN3O3/c1-10-8-19(12-5-3-2-4-11(12)16)15(22)9-18(10)14(21)7-6-13(17)20/h2-5,10H,6-9H2,1H3,(H2,17,20)/t10-/m1/s1. The third-order valence-electron chi connectivity index (χ3n) is 3.63. The molecule has 1 aliphatic rings. The maximum atomic E-state index is 12.3. The fourth-order valence-corrected chi connectivity index (χ4v) is 2.70. The summed E-state index contributed by atoms with van der Waals surface area (Å²) in [6.07, 6.45) is 0.0174. The highest BCUT2D eigenvalue weighted by molar-refractivity contribution is 6.33. The molecule has 1 aromatic rings. The molecule has 0 spiro atoms. The molecule has 1 aromatic carbocycles. The van der Waals surface area contributed by atoms with Crippen molar-refractivity contribution < 1.29 is 14.4 Å². The summed E-state index contributed by atoms with van der Waals surface area (Å²) in [5.41, 5.74) is 5.69. The number of amides is 3. The number of para-hydroxylation sites is 1. The van der Waals surface area contributed by atoms with E-state index >= 15 is 0 Å². The highest BCUT2D eigenvalue weighted by atomic mass is 35.5. The van der Waals surface area contributed by atoms with E-state index in [9.17, 15) is 14.4 Å². The molecule has 1 saturated heterocycles. The third-order valence-corrected chi connectivity index (χ3v) is 3.95. The van der Waals surface area contributed by atoms with Crippen molar-refractivity contribution in [1.29, 1.82) is 0 Å². The molecule has 0 bridgehead atoms. The lowest BCUT2D eigenvalue weighted by atomic mass is 10.1. The van der Waals surface area contributed by atoms with Crippen LogP contribution < -0.4 is 10.6 Å². The van der Waals surface area contributed by atoms with Crippen LogP contribution in [0.25, 0.3) is 0 Å². The van der Waals surface area contributed by atoms with Crippen molar-refractivity contribution in [3.63, 3.8) is 0 Å². The van der Waals surface area contributed by atoms with Crippen LogP contribution in [0.3, 0.4) is 0 Å². The van der Waals surface area contributed by atoms with E-state index in [2.05, 4.69) is 0 Å². The molecule has 0 unspecified atom stereocenters. The molecule has 7 heteroatoms. The fourth-order valence-electron chi connectivity index (χ4n) is 2.46. The predicted octanol–water partition coefficient (Wildman–Crippen LogP) is 1.17. The minimum absolute atomic E-state index is 0.00945. The number of carbonyl (C=O) groups is 3. The van der Waals surface area contributed by atoms with Crippen molar-refractivity contribution in [1.82, 2.24) is 4.90 Å². The Morgan fingerprint density at radius 1 is 1.32 bits per heavy atom. The molecular weight excluding hydrogens is 306 g/mol. The van der Waals surface area contributed by atoms with Crippen molar-refractivity contribution in [3.8, 4) is 0 Å². The number of hydrogen-bond donors (Lipinski definition) is 1. The summed E-state index contributed by atoms with van der Waals surface area (Å²) in [6, 6.07) is 6.94. The molecule has 22 heavy (non-hydrogen) atoms. The van der Waals surface area contributed by atoms with Crippen LogP contribution in [0.4, 0.5) is 5.69 Å². The Labute approximate surface area is 133 Å². The van der Waals surface area contributed by atoms with Gasteiger partial charge in [0.15, 0.2) is 0 Å². The van der Waals surface area contributed by atoms with Gasteiger partial charge in [-0.05, 0) is 19.1 Å². The Morgan fingerprint density at radius 3 is 2.64 bits per heavy atom. The second kappa shape index (κ2) is 6.79. The quantitative estimate of drug-likeness (QED) is 0.902. The number of nitrogens with two attached hydrogens (primary N) is 1. The lowest BCUT2D eigenvalue weighted by Gasteiger charge is -2.39. The van der Waals surface area contributed by atoms with Gasteiger partial charge in [-0.25, -0.2) is 0 Å². The molecule has 1 atom stereocenters. The topological polar surface area (TPSA) is 83.7 Å². The van der Waals surface area contributed by atoms with Gasteiger partial charge < -0.3 is 15.5 Å². The lowest BCUT2D eigenvalue weighted by molar-refractivity contribution is -0.140. The molecule has 2 N–H and O–H groups in total. The summed E-state index contributed by atoms with van der Waals surface area (Å²) in [4.78, 5) is 38.3.